The van der Waals surface area contributed by atoms with Crippen LogP contribution in [0, 0.1) is 0 Å². The van der Waals surface area contributed by atoms with Gasteiger partial charge in [-0.15, -0.1) is 0 Å². The number of thioether (sulfide) groups is 1. The fourth-order valence-electron chi connectivity index (χ4n) is 2.90. The fourth-order valence-corrected chi connectivity index (χ4v) is 3.88. The SMILES string of the molecule is CN(C)C1(CN=C2NC(c3ccccc3)CS2)CCC1. The Morgan fingerprint density at radius 3 is 2.65 bits per heavy atom. The first-order valence-corrected chi connectivity index (χ1v) is 8.34. The van der Waals surface area contributed by atoms with Crippen LogP contribution in [0.3, 0.4) is 0 Å². The Morgan fingerprint density at radius 2 is 2.05 bits per heavy atom. The summed E-state index contributed by atoms with van der Waals surface area (Å²) in [5.41, 5.74) is 1.68. The van der Waals surface area contributed by atoms with Crippen LogP contribution in [-0.2, 0) is 0 Å². The van der Waals surface area contributed by atoms with Gasteiger partial charge in [0.05, 0.1) is 12.6 Å². The predicted molar refractivity (Wildman–Crippen MR) is 87.3 cm³/mol. The zero-order chi connectivity index (χ0) is 14.0. The Morgan fingerprint density at radius 1 is 1.30 bits per heavy atom. The molecule has 3 nitrogen and oxygen atoms in total. The highest BCUT2D eigenvalue weighted by atomic mass is 32.2. The summed E-state index contributed by atoms with van der Waals surface area (Å²) < 4.78 is 0. The lowest BCUT2D eigenvalue weighted by molar-refractivity contribution is 0.0700. The van der Waals surface area contributed by atoms with Crippen LogP contribution >= 0.6 is 11.8 Å². The molecule has 0 amide bonds. The van der Waals surface area contributed by atoms with Crippen LogP contribution in [-0.4, -0.2) is 42.0 Å². The molecule has 2 aliphatic rings. The number of likely N-dealkylation sites (N-methyl/N-ethyl adjacent to an activating group) is 1. The molecule has 0 aromatic heterocycles. The third-order valence-corrected chi connectivity index (χ3v) is 5.66. The third-order valence-electron chi connectivity index (χ3n) is 4.64. The lowest BCUT2D eigenvalue weighted by atomic mass is 9.76. The van der Waals surface area contributed by atoms with Crippen LogP contribution in [0.5, 0.6) is 0 Å². The molecule has 4 heteroatoms. The molecule has 1 N–H and O–H groups in total. The maximum Gasteiger partial charge on any atom is 0.157 e. The first-order valence-electron chi connectivity index (χ1n) is 7.36. The maximum atomic E-state index is 4.84. The highest BCUT2D eigenvalue weighted by Gasteiger charge is 2.39. The number of nitrogens with zero attached hydrogens (tertiary/aromatic N) is 2. The van der Waals surface area contributed by atoms with Crippen LogP contribution in [0.2, 0.25) is 0 Å². The molecule has 1 aliphatic carbocycles. The number of hydrogen-bond acceptors (Lipinski definition) is 3. The summed E-state index contributed by atoms with van der Waals surface area (Å²) >= 11 is 1.85. The van der Waals surface area contributed by atoms with Crippen molar-refractivity contribution < 1.29 is 0 Å². The van der Waals surface area contributed by atoms with Gasteiger partial charge in [-0.2, -0.15) is 0 Å². The molecule has 2 fully saturated rings. The Bertz CT molecular complexity index is 480. The molecule has 0 bridgehead atoms. The highest BCUT2D eigenvalue weighted by molar-refractivity contribution is 8.14. The number of aliphatic imine (C=N–C) groups is 1. The summed E-state index contributed by atoms with van der Waals surface area (Å²) in [4.78, 5) is 7.20. The molecule has 0 spiro atoms. The van der Waals surface area contributed by atoms with Crippen molar-refractivity contribution in [3.05, 3.63) is 35.9 Å². The lowest BCUT2D eigenvalue weighted by Gasteiger charge is -2.46. The average Bonchev–Trinajstić information content (AvgIpc) is 2.87. The monoisotopic (exact) mass is 289 g/mol. The first kappa shape index (κ1) is 14.0. The molecule has 1 heterocycles. The number of rotatable bonds is 4. The minimum Gasteiger partial charge on any atom is -0.357 e. The normalized spacial score (nSPS) is 26.6. The van der Waals surface area contributed by atoms with Gasteiger partial charge in [0.15, 0.2) is 5.17 Å². The van der Waals surface area contributed by atoms with E-state index in [0.717, 1.165) is 17.5 Å². The summed E-state index contributed by atoms with van der Waals surface area (Å²) in [7, 11) is 4.36. The fraction of sp³-hybridized carbons (Fsp3) is 0.562. The number of amidine groups is 1. The van der Waals surface area contributed by atoms with Gasteiger partial charge in [0.2, 0.25) is 0 Å². The van der Waals surface area contributed by atoms with Gasteiger partial charge in [-0.3, -0.25) is 4.99 Å². The van der Waals surface area contributed by atoms with E-state index in [0.29, 0.717) is 11.6 Å². The lowest BCUT2D eigenvalue weighted by Crippen LogP contribution is -2.52. The van der Waals surface area contributed by atoms with Gasteiger partial charge >= 0.3 is 0 Å². The predicted octanol–water partition coefficient (Wildman–Crippen LogP) is 2.90. The summed E-state index contributed by atoms with van der Waals surface area (Å²) in [6, 6.07) is 11.1. The molecule has 1 aliphatic heterocycles. The molecular formula is C16H23N3S. The molecule has 1 atom stereocenters. The van der Waals surface area contributed by atoms with Crippen molar-refractivity contribution in [2.75, 3.05) is 26.4 Å². The first-order chi connectivity index (χ1) is 9.70. The van der Waals surface area contributed by atoms with Gasteiger partial charge in [-0.05, 0) is 38.9 Å². The van der Waals surface area contributed by atoms with Gasteiger partial charge in [0.1, 0.15) is 0 Å². The highest BCUT2D eigenvalue weighted by Crippen LogP contribution is 2.37. The standard InChI is InChI=1S/C16H23N3S/c1-19(2)16(9-6-10-16)12-17-15-18-14(11-20-15)13-7-4-3-5-8-13/h3-5,7-8,14H,6,9-12H2,1-2H3,(H,17,18). The second-order valence-corrected chi connectivity index (χ2v) is 7.02. The third kappa shape index (κ3) is 2.72. The zero-order valence-corrected chi connectivity index (χ0v) is 13.1. The van der Waals surface area contributed by atoms with Crippen LogP contribution in [0.25, 0.3) is 0 Å². The molecule has 1 saturated heterocycles. The minimum atomic E-state index is 0.320. The van der Waals surface area contributed by atoms with Crippen LogP contribution < -0.4 is 5.32 Å². The largest absolute Gasteiger partial charge is 0.357 e. The minimum absolute atomic E-state index is 0.320. The molecule has 3 rings (SSSR count). The van der Waals surface area contributed by atoms with Crippen molar-refractivity contribution in [3.63, 3.8) is 0 Å². The van der Waals surface area contributed by atoms with E-state index in [4.69, 9.17) is 4.99 Å². The van der Waals surface area contributed by atoms with Gasteiger partial charge in [-0.1, -0.05) is 42.1 Å². The quantitative estimate of drug-likeness (QED) is 0.923. The second-order valence-electron chi connectivity index (χ2n) is 6.01. The van der Waals surface area contributed by atoms with Crippen LogP contribution in [0.1, 0.15) is 30.9 Å². The Balaban J connectivity index is 1.61. The second kappa shape index (κ2) is 5.78. The van der Waals surface area contributed by atoms with E-state index in [1.54, 1.807) is 0 Å². The van der Waals surface area contributed by atoms with Crippen molar-refractivity contribution >= 4 is 16.9 Å². The molecule has 1 unspecified atom stereocenters. The Labute approximate surface area is 125 Å². The van der Waals surface area contributed by atoms with E-state index in [9.17, 15) is 0 Å². The van der Waals surface area contributed by atoms with E-state index in [2.05, 4.69) is 54.6 Å². The molecule has 108 valence electrons. The van der Waals surface area contributed by atoms with E-state index in [-0.39, 0.29) is 0 Å². The zero-order valence-electron chi connectivity index (χ0n) is 12.3. The number of hydrogen-bond donors (Lipinski definition) is 1. The summed E-state index contributed by atoms with van der Waals surface area (Å²) in [6.07, 6.45) is 3.91. The Kier molecular flexibility index (Phi) is 4.03. The van der Waals surface area contributed by atoms with E-state index in [1.165, 1.54) is 24.8 Å². The van der Waals surface area contributed by atoms with Gasteiger partial charge in [0.25, 0.3) is 0 Å². The van der Waals surface area contributed by atoms with Crippen LogP contribution in [0.4, 0.5) is 0 Å². The van der Waals surface area contributed by atoms with Crippen molar-refractivity contribution in [3.8, 4) is 0 Å². The number of benzene rings is 1. The summed E-state index contributed by atoms with van der Waals surface area (Å²) in [6.45, 7) is 0.927. The van der Waals surface area contributed by atoms with E-state index < -0.39 is 0 Å². The van der Waals surface area contributed by atoms with Crippen molar-refractivity contribution in [1.29, 1.82) is 0 Å². The Hall–Kier alpha value is -1.00. The molecule has 1 aromatic carbocycles. The van der Waals surface area contributed by atoms with E-state index in [1.807, 2.05) is 11.8 Å². The van der Waals surface area contributed by atoms with E-state index >= 15 is 0 Å². The molecule has 20 heavy (non-hydrogen) atoms. The van der Waals surface area contributed by atoms with Crippen molar-refractivity contribution in [2.24, 2.45) is 4.99 Å². The molecule has 1 aromatic rings. The number of nitrogens with one attached hydrogen (secondary N) is 1. The molecule has 1 saturated carbocycles. The van der Waals surface area contributed by atoms with Crippen molar-refractivity contribution in [2.45, 2.75) is 30.8 Å². The van der Waals surface area contributed by atoms with Gasteiger partial charge in [0, 0.05) is 11.3 Å². The topological polar surface area (TPSA) is 27.6 Å². The van der Waals surface area contributed by atoms with Crippen LogP contribution in [0.15, 0.2) is 35.3 Å². The average molecular weight is 289 g/mol. The molecular weight excluding hydrogens is 266 g/mol. The smallest absolute Gasteiger partial charge is 0.157 e. The maximum absolute atomic E-state index is 4.84. The summed E-state index contributed by atoms with van der Waals surface area (Å²) in [5, 5.41) is 4.68. The van der Waals surface area contributed by atoms with Gasteiger partial charge in [-0.25, -0.2) is 0 Å². The van der Waals surface area contributed by atoms with Crippen molar-refractivity contribution in [1.82, 2.24) is 10.2 Å². The summed E-state index contributed by atoms with van der Waals surface area (Å²) in [5.74, 6) is 1.08. The van der Waals surface area contributed by atoms with Gasteiger partial charge < -0.3 is 10.2 Å². The molecule has 0 radical (unpaired) electrons.